The van der Waals surface area contributed by atoms with Crippen LogP contribution in [0.5, 0.6) is 11.5 Å². The van der Waals surface area contributed by atoms with Gasteiger partial charge in [0.15, 0.2) is 17.6 Å². The van der Waals surface area contributed by atoms with Crippen molar-refractivity contribution in [2.45, 2.75) is 6.10 Å². The summed E-state index contributed by atoms with van der Waals surface area (Å²) in [7, 11) is 1.39. The van der Waals surface area contributed by atoms with Crippen LogP contribution in [0.4, 0.5) is 0 Å². The first-order valence-corrected chi connectivity index (χ1v) is 7.03. The number of carbonyl (C=O) groups excluding carboxylic acids is 1. The molecule has 0 saturated heterocycles. The Balaban J connectivity index is 2.04. The van der Waals surface area contributed by atoms with Gasteiger partial charge in [0.05, 0.1) is 18.3 Å². The number of nitrogens with one attached hydrogen (secondary N) is 1. The van der Waals surface area contributed by atoms with E-state index in [0.29, 0.717) is 11.1 Å². The molecule has 0 aromatic heterocycles. The van der Waals surface area contributed by atoms with Crippen LogP contribution in [0.2, 0.25) is 5.02 Å². The van der Waals surface area contributed by atoms with Crippen molar-refractivity contribution >= 4 is 23.7 Å². The van der Waals surface area contributed by atoms with Crippen molar-refractivity contribution in [3.05, 3.63) is 58.6 Å². The third-order valence-corrected chi connectivity index (χ3v) is 3.31. The number of rotatable bonds is 5. The van der Waals surface area contributed by atoms with E-state index >= 15 is 0 Å². The molecule has 6 nitrogen and oxygen atoms in total. The third kappa shape index (κ3) is 4.21. The number of phenols is 1. The Kier molecular flexibility index (Phi) is 5.56. The van der Waals surface area contributed by atoms with E-state index in [1.807, 2.05) is 0 Å². The number of amides is 1. The minimum Gasteiger partial charge on any atom is -0.503 e. The average molecular weight is 335 g/mol. The summed E-state index contributed by atoms with van der Waals surface area (Å²) in [5.74, 6) is -0.645. The number of halogens is 1. The van der Waals surface area contributed by atoms with Crippen LogP contribution in [0.3, 0.4) is 0 Å². The first kappa shape index (κ1) is 16.8. The van der Waals surface area contributed by atoms with Crippen molar-refractivity contribution in [1.82, 2.24) is 5.43 Å². The molecule has 2 aromatic rings. The Bertz CT molecular complexity index is 720. The molecule has 0 fully saturated rings. The molecule has 0 aliphatic heterocycles. The Morgan fingerprint density at radius 2 is 2.04 bits per heavy atom. The highest BCUT2D eigenvalue weighted by atomic mass is 35.5. The molecule has 7 heteroatoms. The van der Waals surface area contributed by atoms with Gasteiger partial charge < -0.3 is 14.9 Å². The number of hydrogen-bond donors (Lipinski definition) is 3. The fourth-order valence-electron chi connectivity index (χ4n) is 1.84. The van der Waals surface area contributed by atoms with Crippen molar-refractivity contribution in [3.63, 3.8) is 0 Å². The molecule has 0 aliphatic rings. The van der Waals surface area contributed by atoms with Gasteiger partial charge in [-0.15, -0.1) is 0 Å². The van der Waals surface area contributed by atoms with E-state index in [9.17, 15) is 15.0 Å². The molecule has 0 spiro atoms. The Morgan fingerprint density at radius 3 is 2.70 bits per heavy atom. The van der Waals surface area contributed by atoms with Gasteiger partial charge in [0.25, 0.3) is 5.91 Å². The number of hydrogen-bond acceptors (Lipinski definition) is 5. The monoisotopic (exact) mass is 334 g/mol. The number of aromatic hydroxyl groups is 1. The molecular formula is C16H15ClN2O4. The lowest BCUT2D eigenvalue weighted by Gasteiger charge is -2.09. The molecule has 3 N–H and O–H groups in total. The number of aliphatic hydroxyl groups is 1. The molecule has 0 unspecified atom stereocenters. The van der Waals surface area contributed by atoms with E-state index < -0.39 is 12.0 Å². The molecule has 0 bridgehead atoms. The number of carbonyl (C=O) groups is 1. The molecule has 0 heterocycles. The first-order chi connectivity index (χ1) is 11.0. The van der Waals surface area contributed by atoms with Gasteiger partial charge in [-0.1, -0.05) is 41.9 Å². The van der Waals surface area contributed by atoms with Gasteiger partial charge in [0, 0.05) is 0 Å². The summed E-state index contributed by atoms with van der Waals surface area (Å²) in [4.78, 5) is 11.8. The number of nitrogens with zero attached hydrogens (tertiary/aromatic N) is 1. The van der Waals surface area contributed by atoms with Gasteiger partial charge in [-0.3, -0.25) is 4.79 Å². The van der Waals surface area contributed by atoms with E-state index in [1.54, 1.807) is 30.3 Å². The summed E-state index contributed by atoms with van der Waals surface area (Å²) < 4.78 is 4.97. The van der Waals surface area contributed by atoms with E-state index in [-0.39, 0.29) is 16.5 Å². The third-order valence-electron chi connectivity index (χ3n) is 3.02. The summed E-state index contributed by atoms with van der Waals surface area (Å²) >= 11 is 5.85. The molecule has 120 valence electrons. The van der Waals surface area contributed by atoms with E-state index in [2.05, 4.69) is 10.5 Å². The maximum absolute atomic E-state index is 11.8. The molecule has 2 aromatic carbocycles. The van der Waals surface area contributed by atoms with Crippen molar-refractivity contribution in [3.8, 4) is 11.5 Å². The van der Waals surface area contributed by atoms with Gasteiger partial charge in [0.2, 0.25) is 0 Å². The highest BCUT2D eigenvalue weighted by Crippen LogP contribution is 2.34. The second-order valence-corrected chi connectivity index (χ2v) is 5.01. The van der Waals surface area contributed by atoms with Crippen molar-refractivity contribution in [2.24, 2.45) is 5.10 Å². The van der Waals surface area contributed by atoms with Crippen molar-refractivity contribution in [2.75, 3.05) is 7.11 Å². The van der Waals surface area contributed by atoms with Crippen LogP contribution >= 0.6 is 11.6 Å². The summed E-state index contributed by atoms with van der Waals surface area (Å²) in [6.07, 6.45) is 0.00925. The summed E-state index contributed by atoms with van der Waals surface area (Å²) in [6, 6.07) is 11.5. The lowest BCUT2D eigenvalue weighted by atomic mass is 10.1. The van der Waals surface area contributed by atoms with Gasteiger partial charge in [-0.2, -0.15) is 5.10 Å². The number of phenolic OH excluding ortho intramolecular Hbond substituents is 1. The molecule has 0 radical (unpaired) electrons. The summed E-state index contributed by atoms with van der Waals surface area (Å²) in [5, 5.41) is 23.4. The summed E-state index contributed by atoms with van der Waals surface area (Å²) in [5.41, 5.74) is 3.22. The van der Waals surface area contributed by atoms with Crippen molar-refractivity contribution < 1.29 is 19.7 Å². The first-order valence-electron chi connectivity index (χ1n) is 6.65. The zero-order valence-electron chi connectivity index (χ0n) is 12.2. The average Bonchev–Trinajstić information content (AvgIpc) is 2.57. The quantitative estimate of drug-likeness (QED) is 0.577. The maximum Gasteiger partial charge on any atom is 0.273 e. The second-order valence-electron chi connectivity index (χ2n) is 4.60. The summed E-state index contributed by atoms with van der Waals surface area (Å²) in [6.45, 7) is 0. The van der Waals surface area contributed by atoms with Crippen LogP contribution < -0.4 is 10.2 Å². The highest BCUT2D eigenvalue weighted by Gasteiger charge is 2.16. The predicted molar refractivity (Wildman–Crippen MR) is 86.8 cm³/mol. The van der Waals surface area contributed by atoms with E-state index in [0.717, 1.165) is 0 Å². The van der Waals surface area contributed by atoms with E-state index in [4.69, 9.17) is 16.3 Å². The minimum absolute atomic E-state index is 0.0986. The number of methoxy groups -OCH3 is 1. The van der Waals surface area contributed by atoms with Gasteiger partial charge in [0.1, 0.15) is 0 Å². The lowest BCUT2D eigenvalue weighted by Crippen LogP contribution is -2.25. The van der Waals surface area contributed by atoms with Gasteiger partial charge in [-0.25, -0.2) is 5.43 Å². The molecule has 23 heavy (non-hydrogen) atoms. The van der Waals surface area contributed by atoms with Gasteiger partial charge >= 0.3 is 0 Å². The largest absolute Gasteiger partial charge is 0.503 e. The normalized spacial score (nSPS) is 12.1. The van der Waals surface area contributed by atoms with Crippen LogP contribution in [-0.4, -0.2) is 29.4 Å². The van der Waals surface area contributed by atoms with Crippen LogP contribution in [0.1, 0.15) is 17.2 Å². The van der Waals surface area contributed by atoms with Crippen LogP contribution in [0.25, 0.3) is 0 Å². The second kappa shape index (κ2) is 7.62. The number of ether oxygens (including phenoxy) is 1. The zero-order chi connectivity index (χ0) is 16.8. The van der Waals surface area contributed by atoms with E-state index in [1.165, 1.54) is 25.5 Å². The number of benzene rings is 2. The molecule has 1 atom stereocenters. The fraction of sp³-hybridized carbons (Fsp3) is 0.125. The Hall–Kier alpha value is -2.57. The molecular weight excluding hydrogens is 320 g/mol. The maximum atomic E-state index is 11.8. The molecule has 1 amide bonds. The predicted octanol–water partition coefficient (Wildman–Crippen LogP) is 2.24. The SMILES string of the molecule is COc1cc(/C=N\NC(=O)[C@H](O)c2ccccc2)cc(Cl)c1O. The van der Waals surface area contributed by atoms with Crippen LogP contribution in [0, 0.1) is 0 Å². The zero-order valence-corrected chi connectivity index (χ0v) is 13.0. The lowest BCUT2D eigenvalue weighted by molar-refractivity contribution is -0.129. The van der Waals surface area contributed by atoms with Crippen LogP contribution in [-0.2, 0) is 4.79 Å². The topological polar surface area (TPSA) is 91.2 Å². The fourth-order valence-corrected chi connectivity index (χ4v) is 2.06. The Morgan fingerprint density at radius 1 is 1.35 bits per heavy atom. The Labute approximate surface area is 138 Å². The smallest absolute Gasteiger partial charge is 0.273 e. The molecule has 0 aliphatic carbocycles. The number of hydrazone groups is 1. The van der Waals surface area contributed by atoms with Gasteiger partial charge in [-0.05, 0) is 23.3 Å². The number of aliphatic hydroxyl groups excluding tert-OH is 1. The van der Waals surface area contributed by atoms with Crippen LogP contribution in [0.15, 0.2) is 47.6 Å². The van der Waals surface area contributed by atoms with Crippen molar-refractivity contribution in [1.29, 1.82) is 0 Å². The minimum atomic E-state index is -1.31. The standard InChI is InChI=1S/C16H15ClN2O4/c1-23-13-8-10(7-12(17)15(13)21)9-18-19-16(22)14(20)11-5-3-2-4-6-11/h2-9,14,20-21H,1H3,(H,19,22)/b18-9-/t14-/m1/s1. The molecule has 2 rings (SSSR count). The molecule has 0 saturated carbocycles. The highest BCUT2D eigenvalue weighted by molar-refractivity contribution is 6.32.